The topological polar surface area (TPSA) is 20.3 Å². The molecule has 1 fully saturated rings. The number of carbonyl (C=O) groups is 1. The smallest absolute Gasteiger partial charge is 0.251 e. The molecule has 90 valence electrons. The summed E-state index contributed by atoms with van der Waals surface area (Å²) in [6.45, 7) is 0.363. The van der Waals surface area contributed by atoms with Crippen LogP contribution in [0.2, 0.25) is 0 Å². The van der Waals surface area contributed by atoms with Gasteiger partial charge in [0.1, 0.15) is 0 Å². The van der Waals surface area contributed by atoms with Gasteiger partial charge in [-0.1, -0.05) is 0 Å². The lowest BCUT2D eigenvalue weighted by Crippen LogP contribution is -2.42. The molecule has 0 spiro atoms. The number of hydrogen-bond donors (Lipinski definition) is 0. The van der Waals surface area contributed by atoms with Crippen LogP contribution < -0.4 is 0 Å². The molecule has 0 aromatic carbocycles. The molecule has 0 unspecified atom stereocenters. The van der Waals surface area contributed by atoms with Gasteiger partial charge in [-0.3, -0.25) is 4.79 Å². The third-order valence-corrected chi connectivity index (χ3v) is 2.81. The molecular weight excluding hydrogens is 212 g/mol. The first-order chi connectivity index (χ1) is 7.55. The monoisotopic (exact) mass is 229 g/mol. The van der Waals surface area contributed by atoms with E-state index in [0.717, 1.165) is 12.8 Å². The summed E-state index contributed by atoms with van der Waals surface area (Å²) in [5.74, 6) is -0.0962. The van der Waals surface area contributed by atoms with Gasteiger partial charge in [0.2, 0.25) is 5.91 Å². The van der Waals surface area contributed by atoms with Gasteiger partial charge in [0.25, 0.3) is 5.92 Å². The first-order valence-electron chi connectivity index (χ1n) is 5.64. The normalized spacial score (nSPS) is 19.2. The summed E-state index contributed by atoms with van der Waals surface area (Å²) in [5.41, 5.74) is 0. The van der Waals surface area contributed by atoms with Crippen molar-refractivity contribution in [2.24, 2.45) is 0 Å². The maximum Gasteiger partial charge on any atom is 0.251 e. The van der Waals surface area contributed by atoms with E-state index >= 15 is 0 Å². The lowest BCUT2D eigenvalue weighted by Gasteiger charge is -2.31. The number of carbonyl (C=O) groups excluding carboxylic acids is 1. The third kappa shape index (κ3) is 4.18. The van der Waals surface area contributed by atoms with E-state index in [4.69, 9.17) is 6.42 Å². The zero-order chi connectivity index (χ0) is 12.0. The summed E-state index contributed by atoms with van der Waals surface area (Å²) < 4.78 is 25.7. The van der Waals surface area contributed by atoms with Crippen LogP contribution in [0.4, 0.5) is 8.78 Å². The Morgan fingerprint density at radius 3 is 2.50 bits per heavy atom. The van der Waals surface area contributed by atoms with Gasteiger partial charge in [-0.15, -0.1) is 12.3 Å². The second-order valence-corrected chi connectivity index (χ2v) is 4.15. The predicted octanol–water partition coefficient (Wildman–Crippen LogP) is 2.44. The Hall–Kier alpha value is -1.11. The van der Waals surface area contributed by atoms with Crippen LogP contribution in [-0.2, 0) is 4.79 Å². The number of piperidine rings is 1. The first kappa shape index (κ1) is 13.0. The van der Waals surface area contributed by atoms with E-state index in [1.165, 1.54) is 4.90 Å². The molecule has 2 nitrogen and oxygen atoms in total. The summed E-state index contributed by atoms with van der Waals surface area (Å²) in [5, 5.41) is 0. The van der Waals surface area contributed by atoms with E-state index in [0.29, 0.717) is 12.8 Å². The standard InChI is InChI=1S/C12H17F2NO/c1-2-3-4-5-6-11(16)15-9-7-12(13,14)8-10-15/h1H,3-10H2. The van der Waals surface area contributed by atoms with Crippen molar-refractivity contribution in [2.45, 2.75) is 44.4 Å². The number of nitrogens with zero attached hydrogens (tertiary/aromatic N) is 1. The summed E-state index contributed by atoms with van der Waals surface area (Å²) in [6, 6.07) is 0. The van der Waals surface area contributed by atoms with Crippen molar-refractivity contribution in [3.05, 3.63) is 0 Å². The number of terminal acetylenes is 1. The molecular formula is C12H17F2NO. The number of alkyl halides is 2. The molecule has 4 heteroatoms. The molecule has 0 N–H and O–H groups in total. The van der Waals surface area contributed by atoms with Crippen LogP contribution in [0.15, 0.2) is 0 Å². The lowest BCUT2D eigenvalue weighted by molar-refractivity contribution is -0.137. The van der Waals surface area contributed by atoms with Crippen molar-refractivity contribution in [1.29, 1.82) is 0 Å². The summed E-state index contributed by atoms with van der Waals surface area (Å²) in [4.78, 5) is 13.1. The SMILES string of the molecule is C#CCCCCC(=O)N1CCC(F)(F)CC1. The molecule has 0 saturated carbocycles. The Balaban J connectivity index is 2.21. The molecule has 16 heavy (non-hydrogen) atoms. The number of likely N-dealkylation sites (tertiary alicyclic amines) is 1. The van der Waals surface area contributed by atoms with Crippen LogP contribution in [0.3, 0.4) is 0 Å². The van der Waals surface area contributed by atoms with E-state index in [2.05, 4.69) is 5.92 Å². The van der Waals surface area contributed by atoms with E-state index < -0.39 is 5.92 Å². The molecule has 0 aromatic heterocycles. The third-order valence-electron chi connectivity index (χ3n) is 2.81. The maximum absolute atomic E-state index is 12.8. The Morgan fingerprint density at radius 1 is 1.31 bits per heavy atom. The highest BCUT2D eigenvalue weighted by atomic mass is 19.3. The van der Waals surface area contributed by atoms with E-state index in [1.54, 1.807) is 0 Å². The number of amides is 1. The summed E-state index contributed by atoms with van der Waals surface area (Å²) in [7, 11) is 0. The number of rotatable bonds is 4. The molecule has 1 aliphatic heterocycles. The minimum Gasteiger partial charge on any atom is -0.342 e. The van der Waals surface area contributed by atoms with Crippen molar-refractivity contribution in [3.63, 3.8) is 0 Å². The second kappa shape index (κ2) is 5.83. The Kier molecular flexibility index (Phi) is 4.72. The van der Waals surface area contributed by atoms with Crippen molar-refractivity contribution in [2.75, 3.05) is 13.1 Å². The highest BCUT2D eigenvalue weighted by Crippen LogP contribution is 2.27. The quantitative estimate of drug-likeness (QED) is 0.535. The molecule has 1 aliphatic rings. The Morgan fingerprint density at radius 2 is 1.94 bits per heavy atom. The lowest BCUT2D eigenvalue weighted by atomic mass is 10.1. The molecule has 0 bridgehead atoms. The van der Waals surface area contributed by atoms with Crippen molar-refractivity contribution >= 4 is 5.91 Å². The van der Waals surface area contributed by atoms with E-state index in [1.807, 2.05) is 0 Å². The predicted molar refractivity (Wildman–Crippen MR) is 58.1 cm³/mol. The van der Waals surface area contributed by atoms with Crippen LogP contribution in [0.25, 0.3) is 0 Å². The molecule has 0 aliphatic carbocycles. The Labute approximate surface area is 95.0 Å². The van der Waals surface area contributed by atoms with Crippen LogP contribution in [0.5, 0.6) is 0 Å². The minimum atomic E-state index is -2.58. The maximum atomic E-state index is 12.8. The highest BCUT2D eigenvalue weighted by Gasteiger charge is 2.35. The van der Waals surface area contributed by atoms with E-state index in [9.17, 15) is 13.6 Å². The number of unbranched alkanes of at least 4 members (excludes halogenated alkanes) is 2. The largest absolute Gasteiger partial charge is 0.342 e. The fourth-order valence-electron chi connectivity index (χ4n) is 1.74. The van der Waals surface area contributed by atoms with Gasteiger partial charge in [-0.05, 0) is 12.8 Å². The highest BCUT2D eigenvalue weighted by molar-refractivity contribution is 5.76. The fraction of sp³-hybridized carbons (Fsp3) is 0.750. The molecule has 1 saturated heterocycles. The van der Waals surface area contributed by atoms with Crippen molar-refractivity contribution in [3.8, 4) is 12.3 Å². The minimum absolute atomic E-state index is 0.0208. The van der Waals surface area contributed by atoms with Gasteiger partial charge in [-0.25, -0.2) is 8.78 Å². The van der Waals surface area contributed by atoms with Gasteiger partial charge >= 0.3 is 0 Å². The van der Waals surface area contributed by atoms with Crippen LogP contribution in [0, 0.1) is 12.3 Å². The zero-order valence-corrected chi connectivity index (χ0v) is 9.35. The van der Waals surface area contributed by atoms with Gasteiger partial charge in [0, 0.05) is 38.8 Å². The molecule has 1 heterocycles. The molecule has 0 aromatic rings. The van der Waals surface area contributed by atoms with E-state index in [-0.39, 0.29) is 31.8 Å². The average molecular weight is 229 g/mol. The van der Waals surface area contributed by atoms with Crippen LogP contribution in [-0.4, -0.2) is 29.8 Å². The van der Waals surface area contributed by atoms with Crippen molar-refractivity contribution in [1.82, 2.24) is 4.90 Å². The molecule has 1 amide bonds. The summed E-state index contributed by atoms with van der Waals surface area (Å²) >= 11 is 0. The first-order valence-corrected chi connectivity index (χ1v) is 5.64. The fourth-order valence-corrected chi connectivity index (χ4v) is 1.74. The molecule has 0 atom stereocenters. The summed E-state index contributed by atoms with van der Waals surface area (Å²) in [6.07, 6.45) is 7.35. The van der Waals surface area contributed by atoms with Crippen LogP contribution >= 0.6 is 0 Å². The number of hydrogen-bond acceptors (Lipinski definition) is 1. The van der Waals surface area contributed by atoms with Gasteiger partial charge in [-0.2, -0.15) is 0 Å². The number of halogens is 2. The Bertz CT molecular complexity index is 273. The average Bonchev–Trinajstić information content (AvgIpc) is 2.24. The second-order valence-electron chi connectivity index (χ2n) is 4.15. The van der Waals surface area contributed by atoms with Gasteiger partial charge < -0.3 is 4.90 Å². The van der Waals surface area contributed by atoms with Gasteiger partial charge in [0.15, 0.2) is 0 Å². The van der Waals surface area contributed by atoms with Crippen molar-refractivity contribution < 1.29 is 13.6 Å². The molecule has 1 rings (SSSR count). The zero-order valence-electron chi connectivity index (χ0n) is 9.35. The van der Waals surface area contributed by atoms with Gasteiger partial charge in [0.05, 0.1) is 0 Å². The van der Waals surface area contributed by atoms with Crippen LogP contribution in [0.1, 0.15) is 38.5 Å². The molecule has 0 radical (unpaired) electrons.